The minimum atomic E-state index is -0.617. The van der Waals surface area contributed by atoms with Crippen molar-refractivity contribution in [1.29, 1.82) is 0 Å². The highest BCUT2D eigenvalue weighted by Crippen LogP contribution is 2.09. The molecule has 0 aliphatic rings. The van der Waals surface area contributed by atoms with Crippen LogP contribution in [0.25, 0.3) is 0 Å². The number of thioether (sulfide) groups is 1. The molecule has 0 heterocycles. The van der Waals surface area contributed by atoms with Crippen LogP contribution in [0.5, 0.6) is 5.75 Å². The quantitative estimate of drug-likeness (QED) is 0.733. The van der Waals surface area contributed by atoms with Crippen LogP contribution in [0.4, 0.5) is 4.79 Å². The first kappa shape index (κ1) is 18.3. The first-order chi connectivity index (χ1) is 10.5. The van der Waals surface area contributed by atoms with Crippen LogP contribution in [-0.4, -0.2) is 55.2 Å². The first-order valence-corrected chi connectivity index (χ1v) is 8.33. The van der Waals surface area contributed by atoms with Crippen molar-refractivity contribution in [1.82, 2.24) is 4.90 Å². The van der Waals surface area contributed by atoms with Gasteiger partial charge in [0.1, 0.15) is 18.4 Å². The molecule has 1 rings (SSSR count). The Morgan fingerprint density at radius 2 is 2.00 bits per heavy atom. The maximum Gasteiger partial charge on any atom is 0.415 e. The maximum absolute atomic E-state index is 11.8. The van der Waals surface area contributed by atoms with Gasteiger partial charge in [0.25, 0.3) is 0 Å². The van der Waals surface area contributed by atoms with Gasteiger partial charge in [0.05, 0.1) is 6.54 Å². The number of rotatable bonds is 8. The minimum Gasteiger partial charge on any atom is -0.463 e. The molecule has 0 spiro atoms. The lowest BCUT2D eigenvalue weighted by atomic mass is 10.2. The molecule has 0 saturated carbocycles. The summed E-state index contributed by atoms with van der Waals surface area (Å²) in [6.45, 7) is 0.332. The van der Waals surface area contributed by atoms with Crippen LogP contribution in [0.3, 0.4) is 0 Å². The van der Waals surface area contributed by atoms with Gasteiger partial charge >= 0.3 is 12.1 Å². The molecule has 2 N–H and O–H groups in total. The Balaban J connectivity index is 2.26. The zero-order valence-electron chi connectivity index (χ0n) is 12.9. The molecular weight excluding hydrogens is 304 g/mol. The van der Waals surface area contributed by atoms with Gasteiger partial charge in [-0.25, -0.2) is 4.79 Å². The van der Waals surface area contributed by atoms with Crippen LogP contribution in [0.2, 0.25) is 0 Å². The lowest BCUT2D eigenvalue weighted by Crippen LogP contribution is -2.36. The monoisotopic (exact) mass is 326 g/mol. The molecule has 1 amide bonds. The molecule has 7 heteroatoms. The van der Waals surface area contributed by atoms with Crippen molar-refractivity contribution >= 4 is 23.8 Å². The minimum absolute atomic E-state index is 0.0895. The van der Waals surface area contributed by atoms with E-state index in [4.69, 9.17) is 15.2 Å². The second kappa shape index (κ2) is 10.1. The molecule has 1 aromatic carbocycles. The van der Waals surface area contributed by atoms with Gasteiger partial charge in [-0.1, -0.05) is 18.2 Å². The summed E-state index contributed by atoms with van der Waals surface area (Å²) in [5.41, 5.74) is 5.69. The summed E-state index contributed by atoms with van der Waals surface area (Å²) >= 11 is 1.62. The lowest BCUT2D eigenvalue weighted by molar-refractivity contribution is -0.145. The van der Waals surface area contributed by atoms with Gasteiger partial charge in [0, 0.05) is 7.05 Å². The van der Waals surface area contributed by atoms with Crippen molar-refractivity contribution in [2.24, 2.45) is 5.73 Å². The van der Waals surface area contributed by atoms with Crippen molar-refractivity contribution in [3.63, 3.8) is 0 Å². The Morgan fingerprint density at radius 3 is 2.64 bits per heavy atom. The second-order valence-corrected chi connectivity index (χ2v) is 5.64. The Bertz CT molecular complexity index is 470. The predicted octanol–water partition coefficient (Wildman–Crippen LogP) is 1.74. The number of ether oxygens (including phenoxy) is 2. The summed E-state index contributed by atoms with van der Waals surface area (Å²) in [5.74, 6) is 0.828. The van der Waals surface area contributed by atoms with E-state index in [0.717, 1.165) is 5.75 Å². The molecular formula is C15H22N2O4S. The number of likely N-dealkylation sites (N-methyl/N-ethyl adjacent to an activating group) is 1. The Morgan fingerprint density at radius 1 is 1.32 bits per heavy atom. The van der Waals surface area contributed by atoms with Gasteiger partial charge in [0.2, 0.25) is 0 Å². The Kier molecular flexibility index (Phi) is 8.39. The number of hydrogen-bond donors (Lipinski definition) is 1. The Hall–Kier alpha value is -1.73. The van der Waals surface area contributed by atoms with Crippen molar-refractivity contribution in [2.75, 3.05) is 32.2 Å². The molecule has 0 bridgehead atoms. The summed E-state index contributed by atoms with van der Waals surface area (Å²) in [7, 11) is 1.58. The van der Waals surface area contributed by atoms with E-state index < -0.39 is 18.1 Å². The number of para-hydroxylation sites is 1. The number of nitrogens with zero attached hydrogens (tertiary/aromatic N) is 1. The predicted molar refractivity (Wildman–Crippen MR) is 87.0 cm³/mol. The number of benzene rings is 1. The van der Waals surface area contributed by atoms with E-state index in [-0.39, 0.29) is 13.2 Å². The fraction of sp³-hybridized carbons (Fsp3) is 0.467. The summed E-state index contributed by atoms with van der Waals surface area (Å²) in [4.78, 5) is 24.7. The van der Waals surface area contributed by atoms with Gasteiger partial charge in [-0.2, -0.15) is 11.8 Å². The summed E-state index contributed by atoms with van der Waals surface area (Å²) in [6, 6.07) is 8.16. The molecule has 6 nitrogen and oxygen atoms in total. The molecule has 0 aliphatic carbocycles. The average molecular weight is 326 g/mol. The highest BCUT2D eigenvalue weighted by molar-refractivity contribution is 7.98. The molecule has 0 aromatic heterocycles. The van der Waals surface area contributed by atoms with Crippen molar-refractivity contribution in [3.8, 4) is 5.75 Å². The second-order valence-electron chi connectivity index (χ2n) is 4.66. The number of carbonyl (C=O) groups is 2. The lowest BCUT2D eigenvalue weighted by Gasteiger charge is -2.17. The standard InChI is InChI=1S/C15H22N2O4S/c1-17(15(19)21-12-6-4-3-5-7-12)9-10-20-14(18)13(16)8-11-22-2/h3-7,13H,8-11,16H2,1-2H3. The zero-order chi connectivity index (χ0) is 16.4. The largest absolute Gasteiger partial charge is 0.463 e. The molecule has 1 atom stereocenters. The molecule has 22 heavy (non-hydrogen) atoms. The molecule has 0 aliphatic heterocycles. The number of hydrogen-bond acceptors (Lipinski definition) is 6. The van der Waals surface area contributed by atoms with Crippen molar-refractivity contribution in [2.45, 2.75) is 12.5 Å². The van der Waals surface area contributed by atoms with Crippen LogP contribution >= 0.6 is 11.8 Å². The van der Waals surface area contributed by atoms with Crippen LogP contribution in [0, 0.1) is 0 Å². The topological polar surface area (TPSA) is 81.9 Å². The number of esters is 1. The van der Waals surface area contributed by atoms with E-state index in [9.17, 15) is 9.59 Å². The van der Waals surface area contributed by atoms with Gasteiger partial charge in [-0.05, 0) is 30.6 Å². The highest BCUT2D eigenvalue weighted by atomic mass is 32.2. The van der Waals surface area contributed by atoms with Crippen molar-refractivity contribution in [3.05, 3.63) is 30.3 Å². The van der Waals surface area contributed by atoms with E-state index in [1.165, 1.54) is 4.90 Å². The average Bonchev–Trinajstić information content (AvgIpc) is 2.53. The van der Waals surface area contributed by atoms with Gasteiger partial charge < -0.3 is 20.1 Å². The van der Waals surface area contributed by atoms with E-state index in [2.05, 4.69) is 0 Å². The third-order valence-electron chi connectivity index (χ3n) is 2.87. The SMILES string of the molecule is CSCCC(N)C(=O)OCCN(C)C(=O)Oc1ccccc1. The molecule has 0 saturated heterocycles. The zero-order valence-corrected chi connectivity index (χ0v) is 13.7. The van der Waals surface area contributed by atoms with Gasteiger partial charge in [0.15, 0.2) is 0 Å². The molecule has 122 valence electrons. The normalized spacial score (nSPS) is 11.6. The first-order valence-electron chi connectivity index (χ1n) is 6.93. The Labute approximate surface area is 134 Å². The number of nitrogens with two attached hydrogens (primary N) is 1. The van der Waals surface area contributed by atoms with E-state index >= 15 is 0 Å². The van der Waals surface area contributed by atoms with Gasteiger partial charge in [-0.15, -0.1) is 0 Å². The maximum atomic E-state index is 11.8. The van der Waals surface area contributed by atoms with Crippen LogP contribution < -0.4 is 10.5 Å². The van der Waals surface area contributed by atoms with Crippen molar-refractivity contribution < 1.29 is 19.1 Å². The summed E-state index contributed by atoms with van der Waals surface area (Å²) < 4.78 is 10.2. The number of carbonyl (C=O) groups excluding carboxylic acids is 2. The third kappa shape index (κ3) is 6.82. The van der Waals surface area contributed by atoms with E-state index in [0.29, 0.717) is 12.2 Å². The van der Waals surface area contributed by atoms with Crippen LogP contribution in [0.1, 0.15) is 6.42 Å². The third-order valence-corrected chi connectivity index (χ3v) is 3.51. The summed E-state index contributed by atoms with van der Waals surface area (Å²) in [5, 5.41) is 0. The van der Waals surface area contributed by atoms with E-state index in [1.807, 2.05) is 12.3 Å². The molecule has 1 aromatic rings. The smallest absolute Gasteiger partial charge is 0.415 e. The van der Waals surface area contributed by atoms with Gasteiger partial charge in [-0.3, -0.25) is 4.79 Å². The number of amides is 1. The molecule has 1 unspecified atom stereocenters. The molecule has 0 fully saturated rings. The highest BCUT2D eigenvalue weighted by Gasteiger charge is 2.16. The fourth-order valence-corrected chi connectivity index (χ4v) is 2.00. The van der Waals surface area contributed by atoms with Crippen LogP contribution in [0.15, 0.2) is 30.3 Å². The van der Waals surface area contributed by atoms with Crippen LogP contribution in [-0.2, 0) is 9.53 Å². The fourth-order valence-electron chi connectivity index (χ4n) is 1.51. The summed E-state index contributed by atoms with van der Waals surface area (Å²) in [6.07, 6.45) is 2.02. The molecule has 0 radical (unpaired) electrons. The van der Waals surface area contributed by atoms with E-state index in [1.54, 1.807) is 43.1 Å².